The maximum Gasteiger partial charge on any atom is 0.303 e. The molecule has 116 valence electrons. The zero-order valence-electron chi connectivity index (χ0n) is 12.0. The highest BCUT2D eigenvalue weighted by atomic mass is 19.1. The van der Waals surface area contributed by atoms with Crippen LogP contribution in [0.2, 0.25) is 0 Å². The molecule has 1 amide bonds. The number of hydrogen-bond donors (Lipinski definition) is 2. The first-order chi connectivity index (χ1) is 9.81. The minimum Gasteiger partial charge on any atom is -0.481 e. The molecule has 0 heterocycles. The van der Waals surface area contributed by atoms with E-state index in [-0.39, 0.29) is 24.8 Å². The minimum absolute atomic E-state index is 0.0666. The lowest BCUT2D eigenvalue weighted by Gasteiger charge is -2.18. The number of carboxylic acids is 1. The number of benzene rings is 1. The lowest BCUT2D eigenvalue weighted by molar-refractivity contribution is -0.138. The molecule has 4 nitrogen and oxygen atoms in total. The van der Waals surface area contributed by atoms with Crippen LogP contribution in [0.15, 0.2) is 18.2 Å². The van der Waals surface area contributed by atoms with Gasteiger partial charge >= 0.3 is 5.97 Å². The van der Waals surface area contributed by atoms with Crippen LogP contribution in [-0.4, -0.2) is 23.5 Å². The molecule has 0 saturated heterocycles. The van der Waals surface area contributed by atoms with Crippen molar-refractivity contribution in [3.8, 4) is 0 Å². The van der Waals surface area contributed by atoms with E-state index in [1.54, 1.807) is 0 Å². The van der Waals surface area contributed by atoms with Gasteiger partial charge in [0.1, 0.15) is 17.2 Å². The SMILES string of the molecule is CC(C)C[C@H](CNC(=O)c1c(F)cccc1F)CC(=O)O. The van der Waals surface area contributed by atoms with E-state index >= 15 is 0 Å². The van der Waals surface area contributed by atoms with Gasteiger partial charge in [0.05, 0.1) is 0 Å². The summed E-state index contributed by atoms with van der Waals surface area (Å²) in [5.41, 5.74) is -0.642. The Morgan fingerprint density at radius 3 is 2.29 bits per heavy atom. The second-order valence-electron chi connectivity index (χ2n) is 5.40. The van der Waals surface area contributed by atoms with Crippen LogP contribution in [0.1, 0.15) is 37.0 Å². The highest BCUT2D eigenvalue weighted by Crippen LogP contribution is 2.16. The average Bonchev–Trinajstić information content (AvgIpc) is 2.34. The van der Waals surface area contributed by atoms with Crippen molar-refractivity contribution in [2.75, 3.05) is 6.54 Å². The number of carboxylic acid groups (broad SMARTS) is 1. The van der Waals surface area contributed by atoms with Gasteiger partial charge < -0.3 is 10.4 Å². The summed E-state index contributed by atoms with van der Waals surface area (Å²) in [6.45, 7) is 3.94. The molecule has 21 heavy (non-hydrogen) atoms. The molecule has 0 fully saturated rings. The fraction of sp³-hybridized carbons (Fsp3) is 0.467. The summed E-state index contributed by atoms with van der Waals surface area (Å²) in [7, 11) is 0. The van der Waals surface area contributed by atoms with Crippen molar-refractivity contribution in [1.29, 1.82) is 0 Å². The van der Waals surface area contributed by atoms with Gasteiger partial charge in [0.25, 0.3) is 5.91 Å². The molecule has 0 aliphatic rings. The first kappa shape index (κ1) is 17.1. The quantitative estimate of drug-likeness (QED) is 0.813. The van der Waals surface area contributed by atoms with Gasteiger partial charge in [-0.1, -0.05) is 19.9 Å². The Bertz CT molecular complexity index is 497. The van der Waals surface area contributed by atoms with E-state index in [9.17, 15) is 18.4 Å². The number of rotatable bonds is 7. The van der Waals surface area contributed by atoms with Crippen LogP contribution in [0.25, 0.3) is 0 Å². The van der Waals surface area contributed by atoms with Crippen LogP contribution in [0, 0.1) is 23.5 Å². The van der Waals surface area contributed by atoms with Crippen LogP contribution >= 0.6 is 0 Å². The number of halogens is 2. The Labute approximate surface area is 122 Å². The van der Waals surface area contributed by atoms with E-state index in [4.69, 9.17) is 5.11 Å². The maximum atomic E-state index is 13.5. The molecule has 1 aromatic carbocycles. The predicted molar refractivity (Wildman–Crippen MR) is 73.9 cm³/mol. The third-order valence-corrected chi connectivity index (χ3v) is 3.01. The van der Waals surface area contributed by atoms with Crippen LogP contribution in [0.3, 0.4) is 0 Å². The van der Waals surface area contributed by atoms with Crippen molar-refractivity contribution in [2.45, 2.75) is 26.7 Å². The molecule has 0 unspecified atom stereocenters. The summed E-state index contributed by atoms with van der Waals surface area (Å²) in [6, 6.07) is 3.18. The third kappa shape index (κ3) is 5.49. The van der Waals surface area contributed by atoms with Crippen molar-refractivity contribution in [3.63, 3.8) is 0 Å². The molecule has 0 spiro atoms. The summed E-state index contributed by atoms with van der Waals surface area (Å²) in [5, 5.41) is 11.2. The van der Waals surface area contributed by atoms with Crippen molar-refractivity contribution in [1.82, 2.24) is 5.32 Å². The largest absolute Gasteiger partial charge is 0.481 e. The van der Waals surface area contributed by atoms with Gasteiger partial charge in [-0.25, -0.2) is 8.78 Å². The molecule has 1 atom stereocenters. The molecule has 6 heteroatoms. The number of carbonyl (C=O) groups excluding carboxylic acids is 1. The van der Waals surface area contributed by atoms with Gasteiger partial charge in [-0.05, 0) is 30.4 Å². The van der Waals surface area contributed by atoms with Gasteiger partial charge in [0.15, 0.2) is 0 Å². The van der Waals surface area contributed by atoms with Gasteiger partial charge in [-0.2, -0.15) is 0 Å². The lowest BCUT2D eigenvalue weighted by atomic mass is 9.94. The normalized spacial score (nSPS) is 12.2. The lowest BCUT2D eigenvalue weighted by Crippen LogP contribution is -2.32. The van der Waals surface area contributed by atoms with Crippen LogP contribution in [0.4, 0.5) is 8.78 Å². The first-order valence-electron chi connectivity index (χ1n) is 6.75. The molecule has 0 aliphatic carbocycles. The molecule has 0 aliphatic heterocycles. The second kappa shape index (κ2) is 7.71. The van der Waals surface area contributed by atoms with Gasteiger partial charge in [0.2, 0.25) is 0 Å². The molecule has 0 bridgehead atoms. The van der Waals surface area contributed by atoms with Crippen molar-refractivity contribution in [2.24, 2.45) is 11.8 Å². The fourth-order valence-corrected chi connectivity index (χ4v) is 2.19. The zero-order chi connectivity index (χ0) is 16.0. The summed E-state index contributed by atoms with van der Waals surface area (Å²) < 4.78 is 26.9. The Morgan fingerprint density at radius 2 is 1.81 bits per heavy atom. The number of aliphatic carboxylic acids is 1. The summed E-state index contributed by atoms with van der Waals surface area (Å²) in [5.74, 6) is -3.73. The highest BCUT2D eigenvalue weighted by molar-refractivity contribution is 5.94. The van der Waals surface area contributed by atoms with Crippen molar-refractivity contribution >= 4 is 11.9 Å². The van der Waals surface area contributed by atoms with Gasteiger partial charge in [0, 0.05) is 13.0 Å². The van der Waals surface area contributed by atoms with Crippen LogP contribution in [0.5, 0.6) is 0 Å². The van der Waals surface area contributed by atoms with E-state index in [2.05, 4.69) is 5.32 Å². The topological polar surface area (TPSA) is 66.4 Å². The van der Waals surface area contributed by atoms with E-state index in [0.717, 1.165) is 12.1 Å². The predicted octanol–water partition coefficient (Wildman–Crippen LogP) is 2.83. The van der Waals surface area contributed by atoms with E-state index in [0.29, 0.717) is 6.42 Å². The van der Waals surface area contributed by atoms with Crippen molar-refractivity contribution < 1.29 is 23.5 Å². The van der Waals surface area contributed by atoms with Gasteiger partial charge in [-0.15, -0.1) is 0 Å². The smallest absolute Gasteiger partial charge is 0.303 e. The Hall–Kier alpha value is -1.98. The first-order valence-corrected chi connectivity index (χ1v) is 6.75. The maximum absolute atomic E-state index is 13.5. The minimum atomic E-state index is -0.966. The number of amides is 1. The number of carbonyl (C=O) groups is 2. The molecule has 0 radical (unpaired) electrons. The summed E-state index contributed by atoms with van der Waals surface area (Å²) >= 11 is 0. The summed E-state index contributed by atoms with van der Waals surface area (Å²) in [6.07, 6.45) is 0.505. The molecular weight excluding hydrogens is 280 g/mol. The number of hydrogen-bond acceptors (Lipinski definition) is 2. The zero-order valence-corrected chi connectivity index (χ0v) is 12.0. The van der Waals surface area contributed by atoms with Crippen LogP contribution < -0.4 is 5.32 Å². The average molecular weight is 299 g/mol. The monoisotopic (exact) mass is 299 g/mol. The Kier molecular flexibility index (Phi) is 6.27. The Balaban J connectivity index is 2.70. The van der Waals surface area contributed by atoms with Gasteiger partial charge in [-0.3, -0.25) is 9.59 Å². The molecule has 2 N–H and O–H groups in total. The third-order valence-electron chi connectivity index (χ3n) is 3.01. The van der Waals surface area contributed by atoms with Crippen LogP contribution in [-0.2, 0) is 4.79 Å². The van der Waals surface area contributed by atoms with E-state index in [1.165, 1.54) is 6.07 Å². The van der Waals surface area contributed by atoms with E-state index < -0.39 is 29.1 Å². The van der Waals surface area contributed by atoms with E-state index in [1.807, 2.05) is 13.8 Å². The van der Waals surface area contributed by atoms with Crippen molar-refractivity contribution in [3.05, 3.63) is 35.4 Å². The highest BCUT2D eigenvalue weighted by Gasteiger charge is 2.20. The fourth-order valence-electron chi connectivity index (χ4n) is 2.19. The molecule has 1 rings (SSSR count). The second-order valence-corrected chi connectivity index (χ2v) is 5.40. The summed E-state index contributed by atoms with van der Waals surface area (Å²) in [4.78, 5) is 22.6. The Morgan fingerprint density at radius 1 is 1.24 bits per heavy atom. The molecule has 0 saturated carbocycles. The molecular formula is C15H19F2NO3. The molecule has 0 aromatic heterocycles. The number of nitrogens with one attached hydrogen (secondary N) is 1. The molecule has 1 aromatic rings. The standard InChI is InChI=1S/C15H19F2NO3/c1-9(2)6-10(7-13(19)20)8-18-15(21)14-11(16)4-3-5-12(14)17/h3-5,9-10H,6-8H2,1-2H3,(H,18,21)(H,19,20)/t10-/m0/s1.